The number of carbonyl (C=O) groups excluding carboxylic acids is 1. The monoisotopic (exact) mass is 372 g/mol. The lowest BCUT2D eigenvalue weighted by molar-refractivity contribution is 0.0945. The molecule has 1 aromatic heterocycles. The van der Waals surface area contributed by atoms with Crippen LogP contribution in [0.5, 0.6) is 0 Å². The van der Waals surface area contributed by atoms with Gasteiger partial charge in [0.15, 0.2) is 0 Å². The number of rotatable bonds is 6. The molecule has 2 aromatic rings. The summed E-state index contributed by atoms with van der Waals surface area (Å²) in [4.78, 5) is 16.5. The lowest BCUT2D eigenvalue weighted by Crippen LogP contribution is -2.32. The summed E-state index contributed by atoms with van der Waals surface area (Å²) < 4.78 is 27.0. The number of nitrogens with zero attached hydrogens (tertiary/aromatic N) is 1. The summed E-state index contributed by atoms with van der Waals surface area (Å²) in [5.74, 6) is -0.0971. The van der Waals surface area contributed by atoms with Crippen LogP contribution in [0.25, 0.3) is 0 Å². The number of fused-ring (bicyclic) bond motifs is 1. The molecule has 1 aliphatic carbocycles. The number of amides is 1. The van der Waals surface area contributed by atoms with Crippen LogP contribution in [0.15, 0.2) is 41.4 Å². The van der Waals surface area contributed by atoms with E-state index in [0.29, 0.717) is 18.7 Å². The van der Waals surface area contributed by atoms with E-state index in [1.807, 2.05) is 0 Å². The highest BCUT2D eigenvalue weighted by atomic mass is 32.2. The molecule has 26 heavy (non-hydrogen) atoms. The first-order valence-corrected chi connectivity index (χ1v) is 10.1. The first kappa shape index (κ1) is 17.0. The highest BCUT2D eigenvalue weighted by Crippen LogP contribution is 2.22. The molecule has 0 radical (unpaired) electrons. The van der Waals surface area contributed by atoms with Gasteiger partial charge in [-0.05, 0) is 36.6 Å². The minimum absolute atomic E-state index is 0.0926. The van der Waals surface area contributed by atoms with Crippen molar-refractivity contribution in [1.29, 1.82) is 0 Å². The van der Waals surface area contributed by atoms with Crippen LogP contribution in [-0.2, 0) is 23.0 Å². The second kappa shape index (κ2) is 6.69. The molecule has 8 heteroatoms. The molecule has 1 fully saturated rings. The van der Waals surface area contributed by atoms with Gasteiger partial charge in [-0.25, -0.2) is 13.1 Å². The van der Waals surface area contributed by atoms with E-state index in [1.165, 1.54) is 0 Å². The molecule has 1 aromatic carbocycles. The Morgan fingerprint density at radius 1 is 1.19 bits per heavy atom. The molecule has 1 aliphatic heterocycles. The smallest absolute Gasteiger partial charge is 0.253 e. The fourth-order valence-electron chi connectivity index (χ4n) is 2.85. The first-order chi connectivity index (χ1) is 12.5. The maximum Gasteiger partial charge on any atom is 0.253 e. The van der Waals surface area contributed by atoms with E-state index >= 15 is 0 Å². The van der Waals surface area contributed by atoms with E-state index in [-0.39, 0.29) is 16.8 Å². The number of nitrogens with one attached hydrogen (secondary N) is 3. The molecule has 3 N–H and O–H groups in total. The summed E-state index contributed by atoms with van der Waals surface area (Å²) in [5, 5.41) is 6.03. The lowest BCUT2D eigenvalue weighted by Gasteiger charge is -2.16. The van der Waals surface area contributed by atoms with Gasteiger partial charge in [0.25, 0.3) is 5.91 Å². The van der Waals surface area contributed by atoms with Crippen LogP contribution in [0.1, 0.15) is 34.5 Å². The summed E-state index contributed by atoms with van der Waals surface area (Å²) >= 11 is 0. The molecule has 0 saturated heterocycles. The van der Waals surface area contributed by atoms with Gasteiger partial charge in [0.2, 0.25) is 10.0 Å². The van der Waals surface area contributed by atoms with E-state index in [1.54, 1.807) is 36.5 Å². The van der Waals surface area contributed by atoms with Crippen molar-refractivity contribution in [3.63, 3.8) is 0 Å². The Morgan fingerprint density at radius 3 is 2.69 bits per heavy atom. The number of aromatic nitrogens is 1. The summed E-state index contributed by atoms with van der Waals surface area (Å²) in [6, 6.07) is 8.69. The molecule has 1 saturated carbocycles. The minimum Gasteiger partial charge on any atom is -0.380 e. The van der Waals surface area contributed by atoms with Gasteiger partial charge in [0.1, 0.15) is 0 Å². The maximum atomic E-state index is 12.2. The normalized spacial score (nSPS) is 16.7. The third-order valence-electron chi connectivity index (χ3n) is 4.49. The van der Waals surface area contributed by atoms with Crippen molar-refractivity contribution in [2.75, 3.05) is 11.9 Å². The third kappa shape index (κ3) is 3.71. The molecule has 1 amide bonds. The minimum atomic E-state index is -3.42. The summed E-state index contributed by atoms with van der Waals surface area (Å²) in [6.07, 6.45) is 4.28. The van der Waals surface area contributed by atoms with E-state index in [9.17, 15) is 13.2 Å². The average Bonchev–Trinajstić information content (AvgIpc) is 3.44. The van der Waals surface area contributed by atoms with Crippen LogP contribution in [0.4, 0.5) is 5.69 Å². The molecule has 0 bridgehead atoms. The number of anilines is 1. The van der Waals surface area contributed by atoms with E-state index < -0.39 is 10.0 Å². The van der Waals surface area contributed by atoms with Gasteiger partial charge in [-0.3, -0.25) is 9.78 Å². The molecule has 7 nitrogen and oxygen atoms in total. The fourth-order valence-corrected chi connectivity index (χ4v) is 4.16. The zero-order chi connectivity index (χ0) is 18.1. The Balaban J connectivity index is 1.42. The standard InChI is InChI=1S/C18H20N4O3S/c23-18-16-9-14(11-21-17(16)7-8-19-18)20-10-12-1-5-15(6-2-12)26(24,25)22-13-3-4-13/h1-2,5-6,9,11,13,20,22H,3-4,7-8,10H2,(H,19,23). The number of sulfonamides is 1. The first-order valence-electron chi connectivity index (χ1n) is 8.63. The summed E-state index contributed by atoms with van der Waals surface area (Å²) in [7, 11) is -3.42. The number of pyridine rings is 1. The molecular weight excluding hydrogens is 352 g/mol. The number of benzene rings is 1. The SMILES string of the molecule is O=C1NCCc2ncc(NCc3ccc(S(=O)(=O)NC4CC4)cc3)cc21. The molecule has 0 unspecified atom stereocenters. The quantitative estimate of drug-likeness (QED) is 0.712. The van der Waals surface area contributed by atoms with Crippen LogP contribution < -0.4 is 15.4 Å². The molecule has 136 valence electrons. The number of carbonyl (C=O) groups is 1. The lowest BCUT2D eigenvalue weighted by atomic mass is 10.1. The Kier molecular flexibility index (Phi) is 4.37. The van der Waals surface area contributed by atoms with Gasteiger partial charge in [-0.15, -0.1) is 0 Å². The average molecular weight is 372 g/mol. The van der Waals surface area contributed by atoms with E-state index in [2.05, 4.69) is 20.3 Å². The Bertz CT molecular complexity index is 937. The Morgan fingerprint density at radius 2 is 1.96 bits per heavy atom. The van der Waals surface area contributed by atoms with Gasteiger partial charge in [-0.2, -0.15) is 0 Å². The zero-order valence-corrected chi connectivity index (χ0v) is 15.0. The van der Waals surface area contributed by atoms with Gasteiger partial charge >= 0.3 is 0 Å². The van der Waals surface area contributed by atoms with Gasteiger partial charge in [-0.1, -0.05) is 12.1 Å². The van der Waals surface area contributed by atoms with Crippen LogP contribution in [0.2, 0.25) is 0 Å². The van der Waals surface area contributed by atoms with Crippen molar-refractivity contribution in [2.24, 2.45) is 0 Å². The van der Waals surface area contributed by atoms with Crippen molar-refractivity contribution in [3.8, 4) is 0 Å². The second-order valence-corrected chi connectivity index (χ2v) is 8.33. The zero-order valence-electron chi connectivity index (χ0n) is 14.2. The van der Waals surface area contributed by atoms with E-state index in [0.717, 1.165) is 36.2 Å². The van der Waals surface area contributed by atoms with Gasteiger partial charge < -0.3 is 10.6 Å². The van der Waals surface area contributed by atoms with Gasteiger partial charge in [0.05, 0.1) is 28.0 Å². The van der Waals surface area contributed by atoms with Crippen molar-refractivity contribution in [2.45, 2.75) is 36.7 Å². The predicted molar refractivity (Wildman–Crippen MR) is 97.4 cm³/mol. The fraction of sp³-hybridized carbons (Fsp3) is 0.333. The molecular formula is C18H20N4O3S. The topological polar surface area (TPSA) is 100 Å². The highest BCUT2D eigenvalue weighted by Gasteiger charge is 2.27. The molecule has 0 spiro atoms. The molecule has 2 heterocycles. The van der Waals surface area contributed by atoms with Crippen LogP contribution in [0, 0.1) is 0 Å². The highest BCUT2D eigenvalue weighted by molar-refractivity contribution is 7.89. The molecule has 4 rings (SSSR count). The largest absolute Gasteiger partial charge is 0.380 e. The Hall–Kier alpha value is -2.45. The van der Waals surface area contributed by atoms with Gasteiger partial charge in [0, 0.05) is 25.6 Å². The second-order valence-electron chi connectivity index (χ2n) is 6.62. The van der Waals surface area contributed by atoms with Crippen molar-refractivity contribution < 1.29 is 13.2 Å². The predicted octanol–water partition coefficient (Wildman–Crippen LogP) is 1.42. The molecule has 2 aliphatic rings. The summed E-state index contributed by atoms with van der Waals surface area (Å²) in [5.41, 5.74) is 3.12. The maximum absolute atomic E-state index is 12.2. The van der Waals surface area contributed by atoms with Crippen molar-refractivity contribution in [1.82, 2.24) is 15.0 Å². The van der Waals surface area contributed by atoms with E-state index in [4.69, 9.17) is 0 Å². The van der Waals surface area contributed by atoms with Crippen molar-refractivity contribution in [3.05, 3.63) is 53.3 Å². The van der Waals surface area contributed by atoms with Crippen LogP contribution in [0.3, 0.4) is 0 Å². The van der Waals surface area contributed by atoms with Crippen molar-refractivity contribution >= 4 is 21.6 Å². The number of hydrogen-bond donors (Lipinski definition) is 3. The Labute approximate surface area is 152 Å². The van der Waals surface area contributed by atoms with Crippen LogP contribution >= 0.6 is 0 Å². The van der Waals surface area contributed by atoms with Crippen LogP contribution in [-0.4, -0.2) is 31.9 Å². The molecule has 0 atom stereocenters. The third-order valence-corrected chi connectivity index (χ3v) is 6.03. The summed E-state index contributed by atoms with van der Waals surface area (Å²) in [6.45, 7) is 1.13. The number of hydrogen-bond acceptors (Lipinski definition) is 5.